The lowest BCUT2D eigenvalue weighted by Gasteiger charge is -2.29. The van der Waals surface area contributed by atoms with Gasteiger partial charge >= 0.3 is 0 Å². The first kappa shape index (κ1) is 14.7. The van der Waals surface area contributed by atoms with Crippen LogP contribution < -0.4 is 4.74 Å². The maximum atomic E-state index is 5.99. The molecule has 1 aromatic carbocycles. The zero-order valence-corrected chi connectivity index (χ0v) is 13.6. The smallest absolute Gasteiger partial charge is 0.146 e. The van der Waals surface area contributed by atoms with E-state index in [1.807, 2.05) is 6.07 Å². The number of imidazole rings is 1. The molecule has 1 aromatic heterocycles. The van der Waals surface area contributed by atoms with Crippen LogP contribution in [0.1, 0.15) is 44.5 Å². The molecule has 3 nitrogen and oxygen atoms in total. The number of halogens is 1. The summed E-state index contributed by atoms with van der Waals surface area (Å²) in [6.45, 7) is 2.35. The van der Waals surface area contributed by atoms with Gasteiger partial charge in [0.1, 0.15) is 17.1 Å². The average molecular weight is 307 g/mol. The van der Waals surface area contributed by atoms with Crippen molar-refractivity contribution in [1.29, 1.82) is 0 Å². The van der Waals surface area contributed by atoms with Crippen LogP contribution in [0.3, 0.4) is 0 Å². The Morgan fingerprint density at radius 2 is 2.24 bits per heavy atom. The molecule has 0 aliphatic heterocycles. The number of hydrogen-bond acceptors (Lipinski definition) is 2. The number of fused-ring (bicyclic) bond motifs is 1. The number of aryl methyl sites for hydroxylation is 1. The molecule has 1 heterocycles. The molecular weight excluding hydrogens is 284 g/mol. The van der Waals surface area contributed by atoms with Crippen LogP contribution in [0.5, 0.6) is 5.75 Å². The molecule has 2 unspecified atom stereocenters. The van der Waals surface area contributed by atoms with Crippen molar-refractivity contribution < 1.29 is 4.74 Å². The number of ether oxygens (including phenoxy) is 1. The van der Waals surface area contributed by atoms with Gasteiger partial charge in [-0.15, -0.1) is 11.6 Å². The Morgan fingerprint density at radius 1 is 1.38 bits per heavy atom. The number of rotatable bonds is 4. The number of nitrogens with zero attached hydrogens (tertiary/aromatic N) is 2. The van der Waals surface area contributed by atoms with E-state index in [0.717, 1.165) is 29.4 Å². The number of methoxy groups -OCH3 is 1. The highest BCUT2D eigenvalue weighted by molar-refractivity contribution is 6.17. The van der Waals surface area contributed by atoms with Crippen LogP contribution in [0.2, 0.25) is 0 Å². The fraction of sp³-hybridized carbons (Fsp3) is 0.588. The van der Waals surface area contributed by atoms with Crippen LogP contribution in [0, 0.1) is 5.92 Å². The summed E-state index contributed by atoms with van der Waals surface area (Å²) >= 11 is 5.99. The molecule has 1 aliphatic carbocycles. The van der Waals surface area contributed by atoms with Crippen molar-refractivity contribution in [2.45, 2.75) is 45.1 Å². The van der Waals surface area contributed by atoms with E-state index in [4.69, 9.17) is 21.3 Å². The van der Waals surface area contributed by atoms with Crippen molar-refractivity contribution in [2.75, 3.05) is 13.0 Å². The Morgan fingerprint density at radius 3 is 2.95 bits per heavy atom. The van der Waals surface area contributed by atoms with Crippen LogP contribution >= 0.6 is 11.6 Å². The molecule has 0 bridgehead atoms. The first-order valence-corrected chi connectivity index (χ1v) is 8.37. The Bertz CT molecular complexity index is 623. The van der Waals surface area contributed by atoms with Gasteiger partial charge in [0.2, 0.25) is 0 Å². The Labute approximate surface area is 131 Å². The molecular formula is C17H23ClN2O. The lowest BCUT2D eigenvalue weighted by atomic mass is 9.87. The zero-order valence-electron chi connectivity index (χ0n) is 12.8. The summed E-state index contributed by atoms with van der Waals surface area (Å²) in [5, 5.41) is 0. The second-order valence-corrected chi connectivity index (χ2v) is 6.47. The fourth-order valence-corrected chi connectivity index (χ4v) is 3.78. The van der Waals surface area contributed by atoms with Gasteiger partial charge in [-0.05, 0) is 30.9 Å². The van der Waals surface area contributed by atoms with Gasteiger partial charge in [0.15, 0.2) is 0 Å². The summed E-state index contributed by atoms with van der Waals surface area (Å²) in [6, 6.07) is 6.73. The molecule has 1 fully saturated rings. The minimum atomic E-state index is 0.545. The predicted octanol–water partition coefficient (Wildman–Crippen LogP) is 4.58. The molecule has 0 radical (unpaired) electrons. The molecule has 1 saturated carbocycles. The summed E-state index contributed by atoms with van der Waals surface area (Å²) in [5.41, 5.74) is 2.16. The van der Waals surface area contributed by atoms with E-state index in [0.29, 0.717) is 11.9 Å². The van der Waals surface area contributed by atoms with Crippen molar-refractivity contribution in [1.82, 2.24) is 9.55 Å². The monoisotopic (exact) mass is 306 g/mol. The van der Waals surface area contributed by atoms with Crippen molar-refractivity contribution in [3.05, 3.63) is 24.0 Å². The second kappa shape index (κ2) is 6.27. The lowest BCUT2D eigenvalue weighted by molar-refractivity contribution is 0.283. The summed E-state index contributed by atoms with van der Waals surface area (Å²) in [6.07, 6.45) is 5.93. The number of benzene rings is 1. The van der Waals surface area contributed by atoms with Crippen LogP contribution in [0.4, 0.5) is 0 Å². The third-order valence-corrected chi connectivity index (χ3v) is 4.76. The minimum Gasteiger partial charge on any atom is -0.494 e. The van der Waals surface area contributed by atoms with Crippen molar-refractivity contribution in [3.8, 4) is 5.75 Å². The van der Waals surface area contributed by atoms with E-state index in [1.54, 1.807) is 7.11 Å². The van der Waals surface area contributed by atoms with Crippen molar-refractivity contribution >= 4 is 22.6 Å². The molecule has 2 atom stereocenters. The van der Waals surface area contributed by atoms with E-state index < -0.39 is 0 Å². The minimum absolute atomic E-state index is 0.545. The second-order valence-electron chi connectivity index (χ2n) is 6.09. The predicted molar refractivity (Wildman–Crippen MR) is 87.4 cm³/mol. The van der Waals surface area contributed by atoms with Crippen molar-refractivity contribution in [2.24, 2.45) is 5.92 Å². The standard InChI is InChI=1S/C17H23ClN2O/c1-12-5-3-6-13(11-12)20-14-7-4-8-15(21-2)17(14)19-16(20)9-10-18/h4,7-8,12-13H,3,5-6,9-11H2,1-2H3. The van der Waals surface area contributed by atoms with Gasteiger partial charge in [0.25, 0.3) is 0 Å². The summed E-state index contributed by atoms with van der Waals surface area (Å²) in [7, 11) is 1.71. The Hall–Kier alpha value is -1.22. The van der Waals surface area contributed by atoms with E-state index in [-0.39, 0.29) is 0 Å². The van der Waals surface area contributed by atoms with Crippen LogP contribution in [0.15, 0.2) is 18.2 Å². The summed E-state index contributed by atoms with van der Waals surface area (Å²) in [5.74, 6) is 3.35. The third-order valence-electron chi connectivity index (χ3n) is 4.57. The molecule has 3 rings (SSSR count). The van der Waals surface area contributed by atoms with E-state index in [9.17, 15) is 0 Å². The highest BCUT2D eigenvalue weighted by atomic mass is 35.5. The highest BCUT2D eigenvalue weighted by Gasteiger charge is 2.25. The average Bonchev–Trinajstić information content (AvgIpc) is 2.85. The Kier molecular flexibility index (Phi) is 4.39. The molecule has 1 aliphatic rings. The molecule has 4 heteroatoms. The highest BCUT2D eigenvalue weighted by Crippen LogP contribution is 2.37. The van der Waals surface area contributed by atoms with Crippen LogP contribution in [0.25, 0.3) is 11.0 Å². The van der Waals surface area contributed by atoms with Gasteiger partial charge in [0.05, 0.1) is 12.6 Å². The van der Waals surface area contributed by atoms with E-state index in [1.165, 1.54) is 31.2 Å². The topological polar surface area (TPSA) is 27.1 Å². The van der Waals surface area contributed by atoms with Gasteiger partial charge < -0.3 is 9.30 Å². The first-order chi connectivity index (χ1) is 10.2. The van der Waals surface area contributed by atoms with Gasteiger partial charge in [-0.2, -0.15) is 0 Å². The van der Waals surface area contributed by atoms with Gasteiger partial charge in [-0.1, -0.05) is 25.8 Å². The van der Waals surface area contributed by atoms with Gasteiger partial charge in [-0.25, -0.2) is 4.98 Å². The summed E-state index contributed by atoms with van der Waals surface area (Å²) < 4.78 is 7.90. The Balaban J connectivity index is 2.11. The zero-order chi connectivity index (χ0) is 14.8. The van der Waals surface area contributed by atoms with Crippen LogP contribution in [-0.4, -0.2) is 22.5 Å². The van der Waals surface area contributed by atoms with E-state index >= 15 is 0 Å². The molecule has 0 saturated heterocycles. The molecule has 21 heavy (non-hydrogen) atoms. The SMILES string of the molecule is COc1cccc2c1nc(CCCl)n2C1CCCC(C)C1. The molecule has 0 spiro atoms. The largest absolute Gasteiger partial charge is 0.494 e. The number of para-hydroxylation sites is 1. The van der Waals surface area contributed by atoms with Gasteiger partial charge in [0, 0.05) is 18.3 Å². The van der Waals surface area contributed by atoms with Crippen molar-refractivity contribution in [3.63, 3.8) is 0 Å². The first-order valence-electron chi connectivity index (χ1n) is 7.84. The third kappa shape index (κ3) is 2.76. The molecule has 0 N–H and O–H groups in total. The summed E-state index contributed by atoms with van der Waals surface area (Å²) in [4.78, 5) is 4.83. The normalized spacial score (nSPS) is 22.6. The maximum Gasteiger partial charge on any atom is 0.146 e. The lowest BCUT2D eigenvalue weighted by Crippen LogP contribution is -2.19. The molecule has 0 amide bonds. The molecule has 114 valence electrons. The maximum absolute atomic E-state index is 5.99. The number of alkyl halides is 1. The fourth-order valence-electron chi connectivity index (χ4n) is 3.61. The number of hydrogen-bond donors (Lipinski definition) is 0. The van der Waals surface area contributed by atoms with Gasteiger partial charge in [-0.3, -0.25) is 0 Å². The number of aromatic nitrogens is 2. The van der Waals surface area contributed by atoms with E-state index in [2.05, 4.69) is 23.6 Å². The van der Waals surface area contributed by atoms with Crippen LogP contribution in [-0.2, 0) is 6.42 Å². The quantitative estimate of drug-likeness (QED) is 0.773. The molecule has 2 aromatic rings.